The van der Waals surface area contributed by atoms with Gasteiger partial charge in [0, 0.05) is 25.6 Å². The fourth-order valence-corrected chi connectivity index (χ4v) is 5.06. The van der Waals surface area contributed by atoms with Crippen LogP contribution in [0.2, 0.25) is 0 Å². The van der Waals surface area contributed by atoms with Crippen molar-refractivity contribution in [2.24, 2.45) is 5.92 Å². The topological polar surface area (TPSA) is 66.5 Å². The van der Waals surface area contributed by atoms with Crippen molar-refractivity contribution in [3.63, 3.8) is 0 Å². The third kappa shape index (κ3) is 5.66. The van der Waals surface area contributed by atoms with Gasteiger partial charge in [-0.1, -0.05) is 60.2 Å². The van der Waals surface area contributed by atoms with Gasteiger partial charge in [0.2, 0.25) is 15.9 Å². The summed E-state index contributed by atoms with van der Waals surface area (Å²) in [5.74, 6) is -0.0607. The molecular weight excluding hydrogens is 372 g/mol. The van der Waals surface area contributed by atoms with Crippen LogP contribution in [0, 0.1) is 12.8 Å². The van der Waals surface area contributed by atoms with Crippen molar-refractivity contribution in [2.45, 2.75) is 31.9 Å². The molecule has 1 N–H and O–H groups in total. The zero-order valence-corrected chi connectivity index (χ0v) is 17.1. The van der Waals surface area contributed by atoms with Crippen LogP contribution in [0.4, 0.5) is 0 Å². The van der Waals surface area contributed by atoms with Crippen LogP contribution in [0.3, 0.4) is 0 Å². The van der Waals surface area contributed by atoms with Crippen LogP contribution in [0.1, 0.15) is 29.5 Å². The molecule has 0 atom stereocenters. The molecule has 5 nitrogen and oxygen atoms in total. The van der Waals surface area contributed by atoms with Crippen molar-refractivity contribution >= 4 is 15.9 Å². The zero-order valence-electron chi connectivity index (χ0n) is 16.3. The highest BCUT2D eigenvalue weighted by Crippen LogP contribution is 2.22. The van der Waals surface area contributed by atoms with E-state index in [1.54, 1.807) is 0 Å². The van der Waals surface area contributed by atoms with Crippen molar-refractivity contribution < 1.29 is 13.2 Å². The Labute approximate surface area is 167 Å². The maximum absolute atomic E-state index is 12.7. The van der Waals surface area contributed by atoms with Gasteiger partial charge in [0.1, 0.15) is 0 Å². The van der Waals surface area contributed by atoms with E-state index in [1.165, 1.54) is 9.87 Å². The van der Waals surface area contributed by atoms with Crippen LogP contribution in [0.15, 0.2) is 54.6 Å². The lowest BCUT2D eigenvalue weighted by atomic mass is 9.97. The van der Waals surface area contributed by atoms with Gasteiger partial charge in [-0.25, -0.2) is 12.7 Å². The summed E-state index contributed by atoms with van der Waals surface area (Å²) in [5.41, 5.74) is 3.10. The molecule has 0 aliphatic carbocycles. The fourth-order valence-electron chi connectivity index (χ4n) is 3.50. The van der Waals surface area contributed by atoms with Gasteiger partial charge >= 0.3 is 0 Å². The predicted octanol–water partition coefficient (Wildman–Crippen LogP) is 2.90. The summed E-state index contributed by atoms with van der Waals surface area (Å²) in [4.78, 5) is 12.4. The van der Waals surface area contributed by atoms with Crippen molar-refractivity contribution in [1.29, 1.82) is 0 Å². The number of benzene rings is 2. The van der Waals surface area contributed by atoms with Gasteiger partial charge in [-0.2, -0.15) is 0 Å². The van der Waals surface area contributed by atoms with E-state index in [0.29, 0.717) is 32.5 Å². The van der Waals surface area contributed by atoms with Gasteiger partial charge in [0.25, 0.3) is 0 Å². The molecule has 0 spiro atoms. The summed E-state index contributed by atoms with van der Waals surface area (Å²) >= 11 is 0. The number of sulfonamides is 1. The minimum Gasteiger partial charge on any atom is -0.356 e. The number of aryl methyl sites for hydroxylation is 1. The number of carbonyl (C=O) groups is 1. The molecule has 1 aliphatic rings. The molecule has 28 heavy (non-hydrogen) atoms. The largest absolute Gasteiger partial charge is 0.356 e. The Morgan fingerprint density at radius 2 is 1.64 bits per heavy atom. The molecule has 2 aromatic carbocycles. The molecule has 2 aromatic rings. The summed E-state index contributed by atoms with van der Waals surface area (Å²) in [6.07, 6.45) is 1.95. The summed E-state index contributed by atoms with van der Waals surface area (Å²) in [5, 5.41) is 2.99. The highest BCUT2D eigenvalue weighted by Gasteiger charge is 2.31. The number of hydrogen-bond donors (Lipinski definition) is 1. The Morgan fingerprint density at radius 1 is 1.00 bits per heavy atom. The average molecular weight is 401 g/mol. The van der Waals surface area contributed by atoms with E-state index in [1.807, 2.05) is 61.5 Å². The second-order valence-corrected chi connectivity index (χ2v) is 9.41. The van der Waals surface area contributed by atoms with Crippen molar-refractivity contribution in [3.05, 3.63) is 71.3 Å². The number of nitrogens with zero attached hydrogens (tertiary/aromatic N) is 1. The van der Waals surface area contributed by atoms with Crippen LogP contribution in [-0.2, 0) is 27.0 Å². The summed E-state index contributed by atoms with van der Waals surface area (Å²) in [6.45, 7) is 3.40. The Hall–Kier alpha value is -2.18. The standard InChI is InChI=1S/C22H28N2O3S/c1-18-7-9-20(10-8-18)17-28(26,27)24-15-12-21(13-16-24)22(25)23-14-11-19-5-3-2-4-6-19/h2-10,21H,11-17H2,1H3,(H,23,25). The summed E-state index contributed by atoms with van der Waals surface area (Å²) in [7, 11) is -3.35. The number of piperidine rings is 1. The second-order valence-electron chi connectivity index (χ2n) is 7.44. The Bertz CT molecular complexity index is 872. The van der Waals surface area contributed by atoms with Gasteiger partial charge in [-0.05, 0) is 37.3 Å². The van der Waals surface area contributed by atoms with E-state index in [9.17, 15) is 13.2 Å². The molecule has 0 bridgehead atoms. The monoisotopic (exact) mass is 400 g/mol. The number of nitrogens with one attached hydrogen (secondary N) is 1. The second kappa shape index (κ2) is 9.34. The maximum atomic E-state index is 12.7. The number of rotatable bonds is 7. The fraction of sp³-hybridized carbons (Fsp3) is 0.409. The van der Waals surface area contributed by atoms with Gasteiger partial charge in [-0.3, -0.25) is 4.79 Å². The first-order valence-corrected chi connectivity index (χ1v) is 11.4. The SMILES string of the molecule is Cc1ccc(CS(=O)(=O)N2CCC(C(=O)NCCc3ccccc3)CC2)cc1. The predicted molar refractivity (Wildman–Crippen MR) is 111 cm³/mol. The van der Waals surface area contributed by atoms with Crippen LogP contribution in [0.25, 0.3) is 0 Å². The Kier molecular flexibility index (Phi) is 6.86. The molecule has 150 valence electrons. The third-order valence-corrected chi connectivity index (χ3v) is 7.09. The van der Waals surface area contributed by atoms with Crippen molar-refractivity contribution in [3.8, 4) is 0 Å². The lowest BCUT2D eigenvalue weighted by Crippen LogP contribution is -2.43. The minimum absolute atomic E-state index is 0.0151. The molecule has 1 saturated heterocycles. The third-order valence-electron chi connectivity index (χ3n) is 5.24. The van der Waals surface area contributed by atoms with Gasteiger partial charge in [0.05, 0.1) is 5.75 Å². The van der Waals surface area contributed by atoms with Crippen LogP contribution >= 0.6 is 0 Å². The lowest BCUT2D eigenvalue weighted by Gasteiger charge is -2.30. The first kappa shape index (κ1) is 20.6. The van der Waals surface area contributed by atoms with E-state index < -0.39 is 10.0 Å². The maximum Gasteiger partial charge on any atom is 0.223 e. The van der Waals surface area contributed by atoms with Crippen LogP contribution in [-0.4, -0.2) is 38.3 Å². The molecule has 3 rings (SSSR count). The number of hydrogen-bond acceptors (Lipinski definition) is 3. The smallest absolute Gasteiger partial charge is 0.223 e. The number of carbonyl (C=O) groups excluding carboxylic acids is 1. The molecule has 0 radical (unpaired) electrons. The molecular formula is C22H28N2O3S. The highest BCUT2D eigenvalue weighted by atomic mass is 32.2. The average Bonchev–Trinajstić information content (AvgIpc) is 2.70. The molecule has 0 unspecified atom stereocenters. The molecule has 1 amide bonds. The van der Waals surface area contributed by atoms with Crippen molar-refractivity contribution in [1.82, 2.24) is 9.62 Å². The highest BCUT2D eigenvalue weighted by molar-refractivity contribution is 7.88. The zero-order chi connectivity index (χ0) is 20.0. The molecule has 0 saturated carbocycles. The molecule has 0 aromatic heterocycles. The van der Waals surface area contributed by atoms with E-state index in [0.717, 1.165) is 17.5 Å². The van der Waals surface area contributed by atoms with Gasteiger partial charge < -0.3 is 5.32 Å². The van der Waals surface area contributed by atoms with E-state index in [-0.39, 0.29) is 17.6 Å². The Morgan fingerprint density at radius 3 is 2.29 bits per heavy atom. The molecule has 6 heteroatoms. The minimum atomic E-state index is -3.35. The lowest BCUT2D eigenvalue weighted by molar-refractivity contribution is -0.126. The van der Waals surface area contributed by atoms with Crippen molar-refractivity contribution in [2.75, 3.05) is 19.6 Å². The number of amides is 1. The molecule has 1 fully saturated rings. The van der Waals surface area contributed by atoms with Crippen LogP contribution < -0.4 is 5.32 Å². The summed E-state index contributed by atoms with van der Waals surface area (Å²) < 4.78 is 26.9. The van der Waals surface area contributed by atoms with Gasteiger partial charge in [0.15, 0.2) is 0 Å². The van der Waals surface area contributed by atoms with E-state index in [2.05, 4.69) is 5.32 Å². The Balaban J connectivity index is 1.45. The first-order chi connectivity index (χ1) is 13.4. The van der Waals surface area contributed by atoms with E-state index in [4.69, 9.17) is 0 Å². The van der Waals surface area contributed by atoms with E-state index >= 15 is 0 Å². The summed E-state index contributed by atoms with van der Waals surface area (Å²) in [6, 6.07) is 17.6. The first-order valence-electron chi connectivity index (χ1n) is 9.79. The quantitative estimate of drug-likeness (QED) is 0.777. The van der Waals surface area contributed by atoms with Gasteiger partial charge in [-0.15, -0.1) is 0 Å². The normalized spacial score (nSPS) is 16.0. The molecule has 1 aliphatic heterocycles. The molecule has 1 heterocycles. The van der Waals surface area contributed by atoms with Crippen LogP contribution in [0.5, 0.6) is 0 Å².